The first kappa shape index (κ1) is 23.5. The van der Waals surface area contributed by atoms with E-state index in [1.54, 1.807) is 42.6 Å². The number of anilines is 1. The van der Waals surface area contributed by atoms with Gasteiger partial charge in [-0.25, -0.2) is 14.6 Å². The van der Waals surface area contributed by atoms with Gasteiger partial charge in [0.15, 0.2) is 11.5 Å². The second-order valence-electron chi connectivity index (χ2n) is 8.02. The van der Waals surface area contributed by atoms with Crippen LogP contribution in [0.1, 0.15) is 58.9 Å². The Morgan fingerprint density at radius 3 is 2.65 bits per heavy atom. The van der Waals surface area contributed by atoms with Crippen LogP contribution in [-0.4, -0.2) is 37.9 Å². The SMILES string of the molecule is CC=CN1CCCCC1c1nc(-c2ccc(C(=O)Nc3cc(Br)ccn3)cc2)c(C(N)=O)n1N. The molecule has 2 amide bonds. The Bertz CT molecular complexity index is 1240. The molecule has 3 heterocycles. The standard InChI is InChI=1S/C24H26BrN7O2/c1-2-12-31-13-4-3-5-18(31)23-30-20(21(22(26)33)32(23)27)15-6-8-16(9-7-15)24(34)29-19-14-17(25)10-11-28-19/h2,6-12,14,18H,3-5,13,27H2,1H3,(H2,26,33)(H,28,29,34). The summed E-state index contributed by atoms with van der Waals surface area (Å²) in [6.45, 7) is 2.85. The molecule has 1 atom stereocenters. The molecule has 176 valence electrons. The Kier molecular flexibility index (Phi) is 6.97. The van der Waals surface area contributed by atoms with Crippen molar-refractivity contribution in [1.29, 1.82) is 0 Å². The predicted molar refractivity (Wildman–Crippen MR) is 134 cm³/mol. The zero-order chi connectivity index (χ0) is 24.2. The van der Waals surface area contributed by atoms with Crippen LogP contribution >= 0.6 is 15.9 Å². The maximum Gasteiger partial charge on any atom is 0.269 e. The first-order valence-electron chi connectivity index (χ1n) is 11.0. The number of nitrogens with zero attached hydrogens (tertiary/aromatic N) is 4. The van der Waals surface area contributed by atoms with Crippen LogP contribution in [0.25, 0.3) is 11.3 Å². The highest BCUT2D eigenvalue weighted by Gasteiger charge is 2.30. The van der Waals surface area contributed by atoms with Crippen LogP contribution in [0.5, 0.6) is 0 Å². The van der Waals surface area contributed by atoms with E-state index in [9.17, 15) is 9.59 Å². The molecule has 1 saturated heterocycles. The molecule has 1 fully saturated rings. The molecule has 1 aliphatic heterocycles. The Morgan fingerprint density at radius 1 is 1.21 bits per heavy atom. The summed E-state index contributed by atoms with van der Waals surface area (Å²) in [6.07, 6.45) is 8.60. The van der Waals surface area contributed by atoms with Crippen molar-refractivity contribution in [3.8, 4) is 11.3 Å². The van der Waals surface area contributed by atoms with E-state index in [1.807, 2.05) is 19.2 Å². The lowest BCUT2D eigenvalue weighted by Gasteiger charge is -2.34. The van der Waals surface area contributed by atoms with E-state index in [4.69, 9.17) is 16.6 Å². The molecule has 0 spiro atoms. The number of carbonyl (C=O) groups is 2. The number of pyridine rings is 1. The molecule has 9 nitrogen and oxygen atoms in total. The van der Waals surface area contributed by atoms with E-state index in [0.717, 1.165) is 30.3 Å². The highest BCUT2D eigenvalue weighted by Crippen LogP contribution is 2.33. The molecule has 2 aromatic heterocycles. The number of carbonyl (C=O) groups excluding carboxylic acids is 2. The number of amides is 2. The van der Waals surface area contributed by atoms with Crippen LogP contribution in [0.3, 0.4) is 0 Å². The molecule has 0 bridgehead atoms. The summed E-state index contributed by atoms with van der Waals surface area (Å²) in [5, 5.41) is 2.76. The van der Waals surface area contributed by atoms with E-state index < -0.39 is 5.91 Å². The van der Waals surface area contributed by atoms with Crippen molar-refractivity contribution >= 4 is 33.6 Å². The second-order valence-corrected chi connectivity index (χ2v) is 8.94. The van der Waals surface area contributed by atoms with E-state index >= 15 is 0 Å². The Morgan fingerprint density at radius 2 is 1.97 bits per heavy atom. The molecular weight excluding hydrogens is 498 g/mol. The molecule has 0 saturated carbocycles. The first-order chi connectivity index (χ1) is 16.4. The summed E-state index contributed by atoms with van der Waals surface area (Å²) in [5.41, 5.74) is 7.30. The number of hydrogen-bond acceptors (Lipinski definition) is 6. The lowest BCUT2D eigenvalue weighted by molar-refractivity contribution is 0.0990. The predicted octanol–water partition coefficient (Wildman–Crippen LogP) is 3.83. The van der Waals surface area contributed by atoms with Crippen molar-refractivity contribution in [2.45, 2.75) is 32.2 Å². The summed E-state index contributed by atoms with van der Waals surface area (Å²) in [7, 11) is 0. The highest BCUT2D eigenvalue weighted by atomic mass is 79.9. The zero-order valence-corrected chi connectivity index (χ0v) is 20.3. The fraction of sp³-hybridized carbons (Fsp3) is 0.250. The number of nitrogen functional groups attached to an aromatic ring is 1. The van der Waals surface area contributed by atoms with Gasteiger partial charge in [0.25, 0.3) is 11.8 Å². The van der Waals surface area contributed by atoms with E-state index in [0.29, 0.717) is 28.5 Å². The topological polar surface area (TPSA) is 132 Å². The van der Waals surface area contributed by atoms with Crippen LogP contribution in [0.15, 0.2) is 59.3 Å². The van der Waals surface area contributed by atoms with Crippen LogP contribution in [0.4, 0.5) is 5.82 Å². The van der Waals surface area contributed by atoms with E-state index in [-0.39, 0.29) is 17.6 Å². The van der Waals surface area contributed by atoms with Crippen LogP contribution in [-0.2, 0) is 0 Å². The average Bonchev–Trinajstić information content (AvgIpc) is 3.17. The van der Waals surface area contributed by atoms with Gasteiger partial charge < -0.3 is 21.8 Å². The van der Waals surface area contributed by atoms with Gasteiger partial charge in [0.1, 0.15) is 11.5 Å². The van der Waals surface area contributed by atoms with Gasteiger partial charge >= 0.3 is 0 Å². The van der Waals surface area contributed by atoms with Crippen molar-refractivity contribution < 1.29 is 9.59 Å². The third-order valence-electron chi connectivity index (χ3n) is 5.74. The molecule has 1 aliphatic rings. The van der Waals surface area contributed by atoms with Crippen molar-refractivity contribution in [1.82, 2.24) is 19.5 Å². The average molecular weight is 524 g/mol. The third kappa shape index (κ3) is 4.81. The van der Waals surface area contributed by atoms with Crippen molar-refractivity contribution in [3.05, 3.63) is 76.4 Å². The van der Waals surface area contributed by atoms with Crippen molar-refractivity contribution in [3.63, 3.8) is 0 Å². The van der Waals surface area contributed by atoms with Crippen molar-refractivity contribution in [2.24, 2.45) is 5.73 Å². The van der Waals surface area contributed by atoms with Gasteiger partial charge in [0.2, 0.25) is 0 Å². The highest BCUT2D eigenvalue weighted by molar-refractivity contribution is 9.10. The van der Waals surface area contributed by atoms with Gasteiger partial charge in [-0.05, 0) is 56.7 Å². The summed E-state index contributed by atoms with van der Waals surface area (Å²) in [6, 6.07) is 10.2. The third-order valence-corrected chi connectivity index (χ3v) is 6.23. The van der Waals surface area contributed by atoms with Crippen LogP contribution in [0, 0.1) is 0 Å². The number of imidazole rings is 1. The number of halogens is 1. The lowest BCUT2D eigenvalue weighted by Crippen LogP contribution is -2.33. The molecule has 3 aromatic rings. The van der Waals surface area contributed by atoms with Crippen LogP contribution in [0.2, 0.25) is 0 Å². The maximum absolute atomic E-state index is 12.6. The summed E-state index contributed by atoms with van der Waals surface area (Å²) >= 11 is 3.36. The molecule has 4 rings (SSSR count). The largest absolute Gasteiger partial charge is 0.368 e. The summed E-state index contributed by atoms with van der Waals surface area (Å²) in [5.74, 6) is 6.39. The molecule has 10 heteroatoms. The van der Waals surface area contributed by atoms with Crippen LogP contribution < -0.4 is 16.9 Å². The van der Waals surface area contributed by atoms with Gasteiger partial charge in [-0.3, -0.25) is 9.59 Å². The number of nitrogens with two attached hydrogens (primary N) is 2. The van der Waals surface area contributed by atoms with Crippen molar-refractivity contribution in [2.75, 3.05) is 17.7 Å². The summed E-state index contributed by atoms with van der Waals surface area (Å²) in [4.78, 5) is 36.0. The first-order valence-corrected chi connectivity index (χ1v) is 11.8. The number of allylic oxidation sites excluding steroid dienone is 1. The lowest BCUT2D eigenvalue weighted by atomic mass is 10.0. The normalized spacial score (nSPS) is 16.1. The smallest absolute Gasteiger partial charge is 0.269 e. The second kappa shape index (κ2) is 10.1. The quantitative estimate of drug-likeness (QED) is 0.420. The number of nitrogens with one attached hydrogen (secondary N) is 1. The molecule has 34 heavy (non-hydrogen) atoms. The van der Waals surface area contributed by atoms with Gasteiger partial charge in [-0.15, -0.1) is 0 Å². The number of rotatable bonds is 6. The number of likely N-dealkylation sites (tertiary alicyclic amines) is 1. The molecule has 1 unspecified atom stereocenters. The number of aromatic nitrogens is 3. The number of primary amides is 1. The fourth-order valence-electron chi connectivity index (χ4n) is 4.16. The van der Waals surface area contributed by atoms with Gasteiger partial charge in [0, 0.05) is 28.3 Å². The number of benzene rings is 1. The number of hydrogen-bond donors (Lipinski definition) is 3. The Balaban J connectivity index is 1.64. The fourth-order valence-corrected chi connectivity index (χ4v) is 4.50. The number of piperidine rings is 1. The van der Waals surface area contributed by atoms with Gasteiger partial charge in [0.05, 0.1) is 6.04 Å². The Hall–Kier alpha value is -3.66. The minimum Gasteiger partial charge on any atom is -0.368 e. The Labute approximate surface area is 206 Å². The van der Waals surface area contributed by atoms with Gasteiger partial charge in [-0.1, -0.05) is 34.1 Å². The van der Waals surface area contributed by atoms with E-state index in [1.165, 1.54) is 4.68 Å². The minimum atomic E-state index is -0.660. The van der Waals surface area contributed by atoms with Gasteiger partial charge in [-0.2, -0.15) is 0 Å². The molecule has 5 N–H and O–H groups in total. The van der Waals surface area contributed by atoms with E-state index in [2.05, 4.69) is 31.1 Å². The molecule has 1 aromatic carbocycles. The molecular formula is C24H26BrN7O2. The summed E-state index contributed by atoms with van der Waals surface area (Å²) < 4.78 is 2.12. The monoisotopic (exact) mass is 523 g/mol. The molecule has 0 aliphatic carbocycles. The molecule has 0 radical (unpaired) electrons. The maximum atomic E-state index is 12.6. The minimum absolute atomic E-state index is 0.0513. The zero-order valence-electron chi connectivity index (χ0n) is 18.7.